The largest absolute Gasteiger partial charge is 0.397 e. The van der Waals surface area contributed by atoms with Gasteiger partial charge in [-0.25, -0.2) is 0 Å². The van der Waals surface area contributed by atoms with E-state index in [0.717, 1.165) is 31.0 Å². The van der Waals surface area contributed by atoms with Crippen LogP contribution < -0.4 is 5.73 Å². The van der Waals surface area contributed by atoms with E-state index in [0.29, 0.717) is 0 Å². The summed E-state index contributed by atoms with van der Waals surface area (Å²) in [6, 6.07) is 3.92. The van der Waals surface area contributed by atoms with Crippen LogP contribution in [0.1, 0.15) is 32.4 Å². The highest BCUT2D eigenvalue weighted by molar-refractivity contribution is 5.34. The van der Waals surface area contributed by atoms with Crippen LogP contribution in [0.15, 0.2) is 18.3 Å². The van der Waals surface area contributed by atoms with Crippen LogP contribution in [0.25, 0.3) is 0 Å². The molecule has 0 fully saturated rings. The molecule has 0 saturated carbocycles. The molecule has 3 nitrogen and oxygen atoms in total. The second kappa shape index (κ2) is 6.40. The average Bonchev–Trinajstić information content (AvgIpc) is 2.27. The molecule has 0 atom stereocenters. The molecule has 0 saturated heterocycles. The normalized spacial score (nSPS) is 10.9. The first-order valence-electron chi connectivity index (χ1n) is 5.69. The van der Waals surface area contributed by atoms with Crippen molar-refractivity contribution in [2.45, 2.75) is 33.2 Å². The second-order valence-electron chi connectivity index (χ2n) is 3.81. The molecule has 0 spiro atoms. The van der Waals surface area contributed by atoms with Crippen LogP contribution in [-0.2, 0) is 6.54 Å². The summed E-state index contributed by atoms with van der Waals surface area (Å²) in [6.07, 6.45) is 4.22. The fourth-order valence-corrected chi connectivity index (χ4v) is 1.49. The van der Waals surface area contributed by atoms with E-state index in [4.69, 9.17) is 5.73 Å². The Balaban J connectivity index is 2.47. The number of unbranched alkanes of at least 4 members (excludes halogenated alkanes) is 1. The van der Waals surface area contributed by atoms with Crippen LogP contribution in [0.3, 0.4) is 0 Å². The number of anilines is 1. The molecule has 0 aliphatic carbocycles. The van der Waals surface area contributed by atoms with Gasteiger partial charge in [-0.1, -0.05) is 20.3 Å². The van der Waals surface area contributed by atoms with E-state index < -0.39 is 0 Å². The summed E-state index contributed by atoms with van der Waals surface area (Å²) in [5.74, 6) is 0. The van der Waals surface area contributed by atoms with Crippen molar-refractivity contribution in [2.75, 3.05) is 18.8 Å². The number of hydrogen-bond donors (Lipinski definition) is 1. The second-order valence-corrected chi connectivity index (χ2v) is 3.81. The topological polar surface area (TPSA) is 42.1 Å². The molecular weight excluding hydrogens is 186 g/mol. The molecule has 2 N–H and O–H groups in total. The van der Waals surface area contributed by atoms with E-state index in [1.807, 2.05) is 12.1 Å². The summed E-state index contributed by atoms with van der Waals surface area (Å²) in [5.41, 5.74) is 7.43. The quantitative estimate of drug-likeness (QED) is 0.778. The molecule has 0 unspecified atom stereocenters. The van der Waals surface area contributed by atoms with E-state index in [2.05, 4.69) is 23.7 Å². The zero-order valence-corrected chi connectivity index (χ0v) is 9.74. The maximum absolute atomic E-state index is 5.59. The summed E-state index contributed by atoms with van der Waals surface area (Å²) >= 11 is 0. The van der Waals surface area contributed by atoms with Crippen LogP contribution in [0.5, 0.6) is 0 Å². The van der Waals surface area contributed by atoms with Crippen molar-refractivity contribution < 1.29 is 0 Å². The van der Waals surface area contributed by atoms with Crippen LogP contribution >= 0.6 is 0 Å². The van der Waals surface area contributed by atoms with Crippen LogP contribution in [0, 0.1) is 0 Å². The van der Waals surface area contributed by atoms with Crippen molar-refractivity contribution in [3.05, 3.63) is 24.0 Å². The van der Waals surface area contributed by atoms with Crippen molar-refractivity contribution >= 4 is 5.69 Å². The van der Waals surface area contributed by atoms with Gasteiger partial charge in [0.2, 0.25) is 0 Å². The summed E-state index contributed by atoms with van der Waals surface area (Å²) < 4.78 is 0. The number of nitrogen functional groups attached to an aromatic ring is 1. The summed E-state index contributed by atoms with van der Waals surface area (Å²) in [6.45, 7) is 7.56. The minimum atomic E-state index is 0.732. The lowest BCUT2D eigenvalue weighted by Gasteiger charge is -2.19. The molecule has 1 aromatic heterocycles. The molecule has 0 amide bonds. The highest BCUT2D eigenvalue weighted by atomic mass is 15.1. The van der Waals surface area contributed by atoms with Crippen molar-refractivity contribution in [1.82, 2.24) is 9.88 Å². The van der Waals surface area contributed by atoms with Crippen molar-refractivity contribution in [2.24, 2.45) is 0 Å². The molecule has 15 heavy (non-hydrogen) atoms. The van der Waals surface area contributed by atoms with E-state index in [-0.39, 0.29) is 0 Å². The van der Waals surface area contributed by atoms with E-state index in [1.54, 1.807) is 6.20 Å². The lowest BCUT2D eigenvalue weighted by molar-refractivity contribution is 0.272. The SMILES string of the molecule is CCCCN(CC)Cc1ccc(N)cn1. The van der Waals surface area contributed by atoms with Gasteiger partial charge in [-0.15, -0.1) is 0 Å². The predicted molar refractivity (Wildman–Crippen MR) is 64.5 cm³/mol. The minimum absolute atomic E-state index is 0.732. The summed E-state index contributed by atoms with van der Waals surface area (Å²) in [7, 11) is 0. The van der Waals surface area contributed by atoms with Gasteiger partial charge in [0.15, 0.2) is 0 Å². The Kier molecular flexibility index (Phi) is 5.12. The molecule has 1 heterocycles. The smallest absolute Gasteiger partial charge is 0.0545 e. The highest BCUT2D eigenvalue weighted by Gasteiger charge is 2.03. The standard InChI is InChI=1S/C12H21N3/c1-3-5-8-15(4-2)10-12-7-6-11(13)9-14-12/h6-7,9H,3-5,8,10,13H2,1-2H3. The third-order valence-corrected chi connectivity index (χ3v) is 2.51. The van der Waals surface area contributed by atoms with Gasteiger partial charge in [-0.2, -0.15) is 0 Å². The lowest BCUT2D eigenvalue weighted by atomic mass is 10.2. The van der Waals surface area contributed by atoms with Gasteiger partial charge in [-0.3, -0.25) is 9.88 Å². The Labute approximate surface area is 92.3 Å². The maximum Gasteiger partial charge on any atom is 0.0545 e. The van der Waals surface area contributed by atoms with Gasteiger partial charge in [0, 0.05) is 6.54 Å². The van der Waals surface area contributed by atoms with Gasteiger partial charge < -0.3 is 5.73 Å². The molecular formula is C12H21N3. The molecule has 1 aromatic rings. The number of hydrogen-bond acceptors (Lipinski definition) is 3. The Hall–Kier alpha value is -1.09. The van der Waals surface area contributed by atoms with Crippen molar-refractivity contribution in [3.8, 4) is 0 Å². The monoisotopic (exact) mass is 207 g/mol. The molecule has 0 radical (unpaired) electrons. The lowest BCUT2D eigenvalue weighted by Crippen LogP contribution is -2.24. The van der Waals surface area contributed by atoms with Gasteiger partial charge in [-0.05, 0) is 31.6 Å². The van der Waals surface area contributed by atoms with Crippen molar-refractivity contribution in [1.29, 1.82) is 0 Å². The number of nitrogens with zero attached hydrogens (tertiary/aromatic N) is 2. The van der Waals surface area contributed by atoms with Crippen LogP contribution in [-0.4, -0.2) is 23.0 Å². The molecule has 0 aliphatic heterocycles. The molecule has 0 bridgehead atoms. The first-order valence-corrected chi connectivity index (χ1v) is 5.69. The fourth-order valence-electron chi connectivity index (χ4n) is 1.49. The molecule has 0 aliphatic rings. The Morgan fingerprint density at radius 2 is 2.13 bits per heavy atom. The Morgan fingerprint density at radius 1 is 1.33 bits per heavy atom. The first kappa shape index (κ1) is 12.0. The molecule has 0 aromatic carbocycles. The zero-order valence-electron chi connectivity index (χ0n) is 9.74. The molecule has 1 rings (SSSR count). The Bertz CT molecular complexity index is 269. The zero-order chi connectivity index (χ0) is 11.1. The van der Waals surface area contributed by atoms with E-state index in [1.165, 1.54) is 12.8 Å². The van der Waals surface area contributed by atoms with Gasteiger partial charge in [0.05, 0.1) is 17.6 Å². The number of pyridine rings is 1. The van der Waals surface area contributed by atoms with Crippen molar-refractivity contribution in [3.63, 3.8) is 0 Å². The number of aromatic nitrogens is 1. The van der Waals surface area contributed by atoms with Gasteiger partial charge >= 0.3 is 0 Å². The summed E-state index contributed by atoms with van der Waals surface area (Å²) in [5, 5.41) is 0. The number of rotatable bonds is 6. The van der Waals surface area contributed by atoms with E-state index >= 15 is 0 Å². The molecule has 84 valence electrons. The van der Waals surface area contributed by atoms with E-state index in [9.17, 15) is 0 Å². The molecule has 3 heteroatoms. The van der Waals surface area contributed by atoms with Crippen LogP contribution in [0.4, 0.5) is 5.69 Å². The minimum Gasteiger partial charge on any atom is -0.397 e. The third kappa shape index (κ3) is 4.30. The number of nitrogens with two attached hydrogens (primary N) is 1. The Morgan fingerprint density at radius 3 is 2.67 bits per heavy atom. The highest BCUT2D eigenvalue weighted by Crippen LogP contribution is 2.05. The predicted octanol–water partition coefficient (Wildman–Crippen LogP) is 2.29. The fraction of sp³-hybridized carbons (Fsp3) is 0.583. The van der Waals surface area contributed by atoms with Crippen LogP contribution in [0.2, 0.25) is 0 Å². The van der Waals surface area contributed by atoms with Gasteiger partial charge in [0.1, 0.15) is 0 Å². The maximum atomic E-state index is 5.59. The average molecular weight is 207 g/mol. The van der Waals surface area contributed by atoms with Gasteiger partial charge in [0.25, 0.3) is 0 Å². The first-order chi connectivity index (χ1) is 7.26. The third-order valence-electron chi connectivity index (χ3n) is 2.51. The summed E-state index contributed by atoms with van der Waals surface area (Å²) in [4.78, 5) is 6.71.